The van der Waals surface area contributed by atoms with Crippen LogP contribution in [0.25, 0.3) is 11.5 Å². The van der Waals surface area contributed by atoms with E-state index in [2.05, 4.69) is 15.5 Å². The SMILES string of the molecule is CC[C@H](C)[C@@H](NC(=O)CSc1nnc(-c2cccc(Cl)c2)o1)C(=O)OC. The summed E-state index contributed by atoms with van der Waals surface area (Å²) in [5, 5.41) is 11.4. The summed E-state index contributed by atoms with van der Waals surface area (Å²) >= 11 is 7.03. The van der Waals surface area contributed by atoms with Crippen molar-refractivity contribution >= 4 is 35.2 Å². The molecular formula is C17H20ClN3O4S. The number of methoxy groups -OCH3 is 1. The van der Waals surface area contributed by atoms with Crippen molar-refractivity contribution in [1.29, 1.82) is 0 Å². The molecule has 0 saturated heterocycles. The number of amides is 1. The Bertz CT molecular complexity index is 768. The lowest BCUT2D eigenvalue weighted by molar-refractivity contribution is -0.146. The van der Waals surface area contributed by atoms with E-state index in [1.165, 1.54) is 7.11 Å². The van der Waals surface area contributed by atoms with Crippen molar-refractivity contribution in [3.05, 3.63) is 29.3 Å². The van der Waals surface area contributed by atoms with E-state index in [9.17, 15) is 9.59 Å². The van der Waals surface area contributed by atoms with Gasteiger partial charge in [-0.2, -0.15) is 0 Å². The molecule has 0 spiro atoms. The fourth-order valence-electron chi connectivity index (χ4n) is 2.14. The first-order chi connectivity index (χ1) is 12.4. The Morgan fingerprint density at radius 1 is 1.38 bits per heavy atom. The van der Waals surface area contributed by atoms with Gasteiger partial charge in [0, 0.05) is 10.6 Å². The number of carbonyl (C=O) groups is 2. The van der Waals surface area contributed by atoms with Crippen LogP contribution in [0.2, 0.25) is 5.02 Å². The minimum atomic E-state index is -0.678. The molecule has 0 aliphatic rings. The van der Waals surface area contributed by atoms with Crippen LogP contribution in [-0.4, -0.2) is 41.0 Å². The number of halogens is 1. The van der Waals surface area contributed by atoms with E-state index in [-0.39, 0.29) is 22.8 Å². The Morgan fingerprint density at radius 3 is 2.81 bits per heavy atom. The Hall–Kier alpha value is -2.06. The molecule has 7 nitrogen and oxygen atoms in total. The number of nitrogens with one attached hydrogen (secondary N) is 1. The number of hydrogen-bond acceptors (Lipinski definition) is 7. The summed E-state index contributed by atoms with van der Waals surface area (Å²) in [5.41, 5.74) is 0.698. The summed E-state index contributed by atoms with van der Waals surface area (Å²) < 4.78 is 10.3. The van der Waals surface area contributed by atoms with Gasteiger partial charge in [-0.05, 0) is 24.1 Å². The van der Waals surface area contributed by atoms with Crippen molar-refractivity contribution in [2.24, 2.45) is 5.92 Å². The van der Waals surface area contributed by atoms with Crippen LogP contribution in [0.15, 0.2) is 33.9 Å². The van der Waals surface area contributed by atoms with Gasteiger partial charge in [-0.25, -0.2) is 4.79 Å². The molecule has 1 N–H and O–H groups in total. The number of carbonyl (C=O) groups excluding carboxylic acids is 2. The van der Waals surface area contributed by atoms with Crippen LogP contribution in [0.4, 0.5) is 0 Å². The Morgan fingerprint density at radius 2 is 2.15 bits per heavy atom. The smallest absolute Gasteiger partial charge is 0.328 e. The summed E-state index contributed by atoms with van der Waals surface area (Å²) in [7, 11) is 1.30. The topological polar surface area (TPSA) is 94.3 Å². The van der Waals surface area contributed by atoms with E-state index in [4.69, 9.17) is 20.8 Å². The lowest BCUT2D eigenvalue weighted by Crippen LogP contribution is -2.46. The molecule has 2 atom stereocenters. The third-order valence-corrected chi connectivity index (χ3v) is 4.84. The molecule has 0 saturated carbocycles. The van der Waals surface area contributed by atoms with Gasteiger partial charge >= 0.3 is 5.97 Å². The zero-order chi connectivity index (χ0) is 19.1. The van der Waals surface area contributed by atoms with Gasteiger partial charge in [0.2, 0.25) is 11.8 Å². The molecular weight excluding hydrogens is 378 g/mol. The van der Waals surface area contributed by atoms with Crippen LogP contribution in [0.3, 0.4) is 0 Å². The molecule has 140 valence electrons. The summed E-state index contributed by atoms with van der Waals surface area (Å²) in [6.45, 7) is 3.82. The number of thioether (sulfide) groups is 1. The molecule has 1 aromatic carbocycles. The largest absolute Gasteiger partial charge is 0.467 e. The number of nitrogens with zero attached hydrogens (tertiary/aromatic N) is 2. The third-order valence-electron chi connectivity index (χ3n) is 3.79. The number of aromatic nitrogens is 2. The van der Waals surface area contributed by atoms with Crippen LogP contribution in [0.1, 0.15) is 20.3 Å². The molecule has 1 heterocycles. The third kappa shape index (κ3) is 5.47. The van der Waals surface area contributed by atoms with Crippen LogP contribution in [0, 0.1) is 5.92 Å². The van der Waals surface area contributed by atoms with E-state index in [1.54, 1.807) is 24.3 Å². The highest BCUT2D eigenvalue weighted by atomic mass is 35.5. The highest BCUT2D eigenvalue weighted by molar-refractivity contribution is 7.99. The van der Waals surface area contributed by atoms with Gasteiger partial charge in [-0.1, -0.05) is 49.7 Å². The van der Waals surface area contributed by atoms with Gasteiger partial charge < -0.3 is 14.5 Å². The molecule has 1 amide bonds. The minimum Gasteiger partial charge on any atom is -0.467 e. The van der Waals surface area contributed by atoms with E-state index < -0.39 is 12.0 Å². The van der Waals surface area contributed by atoms with Gasteiger partial charge in [0.15, 0.2) is 0 Å². The molecule has 1 aromatic heterocycles. The fraction of sp³-hybridized carbons (Fsp3) is 0.412. The lowest BCUT2D eigenvalue weighted by atomic mass is 9.99. The maximum Gasteiger partial charge on any atom is 0.328 e. The van der Waals surface area contributed by atoms with Crippen molar-refractivity contribution in [3.8, 4) is 11.5 Å². The van der Waals surface area contributed by atoms with Crippen molar-refractivity contribution in [2.45, 2.75) is 31.5 Å². The highest BCUT2D eigenvalue weighted by Gasteiger charge is 2.26. The van der Waals surface area contributed by atoms with Crippen LogP contribution in [-0.2, 0) is 14.3 Å². The molecule has 0 aliphatic heterocycles. The maximum absolute atomic E-state index is 12.1. The van der Waals surface area contributed by atoms with Gasteiger partial charge in [0.05, 0.1) is 12.9 Å². The number of hydrogen-bond donors (Lipinski definition) is 1. The zero-order valence-corrected chi connectivity index (χ0v) is 16.3. The first-order valence-electron chi connectivity index (χ1n) is 8.04. The van der Waals surface area contributed by atoms with Crippen molar-refractivity contribution in [1.82, 2.24) is 15.5 Å². The first-order valence-corrected chi connectivity index (χ1v) is 9.40. The molecule has 0 aliphatic carbocycles. The van der Waals surface area contributed by atoms with Gasteiger partial charge in [-0.15, -0.1) is 10.2 Å². The highest BCUT2D eigenvalue weighted by Crippen LogP contribution is 2.25. The lowest BCUT2D eigenvalue weighted by Gasteiger charge is -2.21. The van der Waals surface area contributed by atoms with E-state index in [0.717, 1.165) is 18.2 Å². The van der Waals surface area contributed by atoms with E-state index in [0.29, 0.717) is 16.5 Å². The van der Waals surface area contributed by atoms with E-state index >= 15 is 0 Å². The van der Waals surface area contributed by atoms with Crippen molar-refractivity contribution in [2.75, 3.05) is 12.9 Å². The molecule has 2 rings (SSSR count). The van der Waals surface area contributed by atoms with Crippen LogP contribution >= 0.6 is 23.4 Å². The fourth-order valence-corrected chi connectivity index (χ4v) is 2.91. The minimum absolute atomic E-state index is 0.0331. The summed E-state index contributed by atoms with van der Waals surface area (Å²) in [4.78, 5) is 24.0. The second-order valence-corrected chi connectivity index (χ2v) is 6.99. The molecule has 0 fully saturated rings. The Balaban J connectivity index is 1.94. The Labute approximate surface area is 160 Å². The number of ether oxygens (including phenoxy) is 1. The number of esters is 1. The summed E-state index contributed by atoms with van der Waals surface area (Å²) in [5.74, 6) is -0.440. The first kappa shape index (κ1) is 20.3. The number of rotatable bonds is 8. The van der Waals surface area contributed by atoms with Crippen LogP contribution in [0.5, 0.6) is 0 Å². The average molecular weight is 398 g/mol. The molecule has 9 heteroatoms. The van der Waals surface area contributed by atoms with E-state index in [1.807, 2.05) is 13.8 Å². The predicted molar refractivity (Wildman–Crippen MR) is 98.9 cm³/mol. The van der Waals surface area contributed by atoms with Gasteiger partial charge in [-0.3, -0.25) is 4.79 Å². The summed E-state index contributed by atoms with van der Waals surface area (Å²) in [6.07, 6.45) is 0.736. The quantitative estimate of drug-likeness (QED) is 0.539. The molecule has 2 aromatic rings. The van der Waals surface area contributed by atoms with Crippen molar-refractivity contribution in [3.63, 3.8) is 0 Å². The maximum atomic E-state index is 12.1. The molecule has 0 unspecified atom stereocenters. The molecule has 0 bridgehead atoms. The second-order valence-electron chi connectivity index (χ2n) is 5.63. The molecule has 26 heavy (non-hydrogen) atoms. The standard InChI is InChI=1S/C17H20ClN3O4S/c1-4-10(2)14(16(23)24-3)19-13(22)9-26-17-21-20-15(25-17)11-6-5-7-12(18)8-11/h5-8,10,14H,4,9H2,1-3H3,(H,19,22)/t10-,14+/m0/s1. The normalized spacial score (nSPS) is 13.1. The zero-order valence-electron chi connectivity index (χ0n) is 14.7. The van der Waals surface area contributed by atoms with Crippen molar-refractivity contribution < 1.29 is 18.7 Å². The second kappa shape index (κ2) is 9.59. The molecule has 0 radical (unpaired) electrons. The van der Waals surface area contributed by atoms with Gasteiger partial charge in [0.25, 0.3) is 5.22 Å². The predicted octanol–water partition coefficient (Wildman–Crippen LogP) is 3.19. The number of benzene rings is 1. The monoisotopic (exact) mass is 397 g/mol. The summed E-state index contributed by atoms with van der Waals surface area (Å²) in [6, 6.07) is 6.36. The van der Waals surface area contributed by atoms with Crippen LogP contribution < -0.4 is 5.32 Å². The Kier molecular flexibility index (Phi) is 7.47. The van der Waals surface area contributed by atoms with Gasteiger partial charge in [0.1, 0.15) is 6.04 Å². The average Bonchev–Trinajstić information content (AvgIpc) is 3.12.